The van der Waals surface area contributed by atoms with E-state index in [1.807, 2.05) is 0 Å². The molecule has 1 aliphatic heterocycles. The molecule has 0 atom stereocenters. The number of carbonyl (C=O) groups excluding carboxylic acids is 2. The third kappa shape index (κ3) is 3.69. The van der Waals surface area contributed by atoms with Crippen molar-refractivity contribution < 1.29 is 14.0 Å². The van der Waals surface area contributed by atoms with Crippen molar-refractivity contribution in [1.29, 1.82) is 0 Å². The summed E-state index contributed by atoms with van der Waals surface area (Å²) < 4.78 is 13.2. The van der Waals surface area contributed by atoms with E-state index in [1.54, 1.807) is 0 Å². The second kappa shape index (κ2) is 7.34. The Kier molecular flexibility index (Phi) is 5.48. The normalized spacial score (nSPS) is 13.9. The lowest BCUT2D eigenvalue weighted by Gasteiger charge is -2.16. The first-order valence-electron chi connectivity index (χ1n) is 7.81. The molecule has 0 radical (unpaired) electrons. The van der Waals surface area contributed by atoms with Gasteiger partial charge >= 0.3 is 0 Å². The van der Waals surface area contributed by atoms with E-state index < -0.39 is 17.5 Å². The Morgan fingerprint density at radius 1 is 1.00 bits per heavy atom. The zero-order valence-corrected chi connectivity index (χ0v) is 12.5. The topological polar surface area (TPSA) is 37.4 Å². The zero-order chi connectivity index (χ0) is 15.2. The molecule has 0 saturated heterocycles. The van der Waals surface area contributed by atoms with Gasteiger partial charge in [0.05, 0.1) is 11.3 Å². The zero-order valence-electron chi connectivity index (χ0n) is 12.5. The Balaban J connectivity index is 1.84. The van der Waals surface area contributed by atoms with Gasteiger partial charge in [0.2, 0.25) is 0 Å². The number of rotatable bonds is 8. The van der Waals surface area contributed by atoms with Gasteiger partial charge < -0.3 is 4.90 Å². The highest BCUT2D eigenvalue weighted by Gasteiger charge is 2.35. The Morgan fingerprint density at radius 2 is 1.67 bits per heavy atom. The maximum Gasteiger partial charge on any atom is 0.299 e. The third-order valence-electron chi connectivity index (χ3n) is 3.92. The molecule has 4 heteroatoms. The second-order valence-corrected chi connectivity index (χ2v) is 5.57. The highest BCUT2D eigenvalue weighted by molar-refractivity contribution is 6.52. The summed E-state index contributed by atoms with van der Waals surface area (Å²) in [5.41, 5.74) is 0.750. The number of anilines is 1. The van der Waals surface area contributed by atoms with Crippen LogP contribution in [-0.4, -0.2) is 18.2 Å². The fraction of sp³-hybridized carbons (Fsp3) is 0.529. The molecule has 0 N–H and O–H groups in total. The van der Waals surface area contributed by atoms with Crippen molar-refractivity contribution in [3.05, 3.63) is 29.6 Å². The predicted octanol–water partition coefficient (Wildman–Crippen LogP) is 4.11. The monoisotopic (exact) mass is 291 g/mol. The van der Waals surface area contributed by atoms with E-state index in [4.69, 9.17) is 0 Å². The Labute approximate surface area is 125 Å². The van der Waals surface area contributed by atoms with Crippen LogP contribution in [0.2, 0.25) is 0 Å². The highest BCUT2D eigenvalue weighted by atomic mass is 19.1. The number of benzene rings is 1. The third-order valence-corrected chi connectivity index (χ3v) is 3.92. The van der Waals surface area contributed by atoms with Gasteiger partial charge in [-0.1, -0.05) is 45.4 Å². The number of amides is 1. The maximum absolute atomic E-state index is 13.2. The number of ketones is 1. The first kappa shape index (κ1) is 15.7. The highest BCUT2D eigenvalue weighted by Crippen LogP contribution is 2.29. The lowest BCUT2D eigenvalue weighted by Crippen LogP contribution is -2.30. The molecular weight excluding hydrogens is 269 g/mol. The number of fused-ring (bicyclic) bond motifs is 1. The standard InChI is InChI=1S/C17H22FNO2/c1-2-3-4-5-6-7-8-11-19-15-10-9-13(18)12-14(15)16(20)17(19)21/h9-10,12H,2-8,11H2,1H3. The lowest BCUT2D eigenvalue weighted by atomic mass is 10.1. The molecule has 0 bridgehead atoms. The number of nitrogens with zero attached hydrogens (tertiary/aromatic N) is 1. The number of Topliss-reactive ketones (excluding diaryl/α,β-unsaturated/α-hetero) is 1. The quantitative estimate of drug-likeness (QED) is 0.534. The first-order valence-corrected chi connectivity index (χ1v) is 7.81. The molecule has 1 aliphatic rings. The van der Waals surface area contributed by atoms with Gasteiger partial charge in [-0.15, -0.1) is 0 Å². The van der Waals surface area contributed by atoms with E-state index in [0.29, 0.717) is 12.2 Å². The molecule has 114 valence electrons. The average Bonchev–Trinajstić information content (AvgIpc) is 2.71. The fourth-order valence-corrected chi connectivity index (χ4v) is 2.72. The Morgan fingerprint density at radius 3 is 2.38 bits per heavy atom. The van der Waals surface area contributed by atoms with Gasteiger partial charge in [0.1, 0.15) is 5.82 Å². The van der Waals surface area contributed by atoms with Crippen molar-refractivity contribution in [2.24, 2.45) is 0 Å². The summed E-state index contributed by atoms with van der Waals surface area (Å²) in [5.74, 6) is -1.60. The molecule has 0 spiro atoms. The first-order chi connectivity index (χ1) is 10.1. The molecule has 1 aromatic rings. The molecule has 0 saturated carbocycles. The Bertz CT molecular complexity index is 528. The van der Waals surface area contributed by atoms with Crippen molar-refractivity contribution in [3.8, 4) is 0 Å². The summed E-state index contributed by atoms with van der Waals surface area (Å²) in [6.45, 7) is 2.73. The number of carbonyl (C=O) groups is 2. The van der Waals surface area contributed by atoms with Gasteiger partial charge in [-0.3, -0.25) is 9.59 Å². The minimum absolute atomic E-state index is 0.197. The van der Waals surface area contributed by atoms with Gasteiger partial charge in [-0.2, -0.15) is 0 Å². The smallest absolute Gasteiger partial charge is 0.299 e. The molecule has 2 rings (SSSR count). The van der Waals surface area contributed by atoms with Crippen LogP contribution in [0.3, 0.4) is 0 Å². The molecule has 0 fully saturated rings. The number of hydrogen-bond donors (Lipinski definition) is 0. The molecular formula is C17H22FNO2. The number of halogens is 1. The van der Waals surface area contributed by atoms with Crippen molar-refractivity contribution in [1.82, 2.24) is 0 Å². The van der Waals surface area contributed by atoms with E-state index in [1.165, 1.54) is 42.7 Å². The lowest BCUT2D eigenvalue weighted by molar-refractivity contribution is -0.114. The van der Waals surface area contributed by atoms with Crippen LogP contribution in [0.4, 0.5) is 10.1 Å². The van der Waals surface area contributed by atoms with Crippen molar-refractivity contribution in [3.63, 3.8) is 0 Å². The molecule has 0 aliphatic carbocycles. The van der Waals surface area contributed by atoms with Crippen LogP contribution >= 0.6 is 0 Å². The van der Waals surface area contributed by atoms with Gasteiger partial charge in [0.25, 0.3) is 11.7 Å². The van der Waals surface area contributed by atoms with Crippen molar-refractivity contribution >= 4 is 17.4 Å². The SMILES string of the molecule is CCCCCCCCCN1C(=O)C(=O)c2cc(F)ccc21. The number of unbranched alkanes of at least 4 members (excludes halogenated alkanes) is 6. The van der Waals surface area contributed by atoms with E-state index in [2.05, 4.69) is 6.92 Å². The summed E-state index contributed by atoms with van der Waals surface area (Å²) >= 11 is 0. The van der Waals surface area contributed by atoms with Crippen LogP contribution in [0.15, 0.2) is 18.2 Å². The summed E-state index contributed by atoms with van der Waals surface area (Å²) in [6.07, 6.45) is 8.09. The van der Waals surface area contributed by atoms with Crippen LogP contribution in [0, 0.1) is 5.82 Å². The van der Waals surface area contributed by atoms with Gasteiger partial charge in [-0.05, 0) is 24.6 Å². The minimum atomic E-state index is -0.590. The predicted molar refractivity (Wildman–Crippen MR) is 81.1 cm³/mol. The van der Waals surface area contributed by atoms with Crippen LogP contribution < -0.4 is 4.90 Å². The summed E-state index contributed by atoms with van der Waals surface area (Å²) in [5, 5.41) is 0. The van der Waals surface area contributed by atoms with Crippen LogP contribution in [-0.2, 0) is 4.79 Å². The second-order valence-electron chi connectivity index (χ2n) is 5.57. The van der Waals surface area contributed by atoms with E-state index in [-0.39, 0.29) is 5.56 Å². The van der Waals surface area contributed by atoms with E-state index in [0.717, 1.165) is 25.3 Å². The molecule has 21 heavy (non-hydrogen) atoms. The van der Waals surface area contributed by atoms with Gasteiger partial charge in [-0.25, -0.2) is 4.39 Å². The average molecular weight is 291 g/mol. The van der Waals surface area contributed by atoms with Gasteiger partial charge in [0.15, 0.2) is 0 Å². The molecule has 1 heterocycles. The fourth-order valence-electron chi connectivity index (χ4n) is 2.72. The van der Waals surface area contributed by atoms with E-state index >= 15 is 0 Å². The minimum Gasteiger partial charge on any atom is -0.305 e. The van der Waals surface area contributed by atoms with Gasteiger partial charge in [0, 0.05) is 6.54 Å². The maximum atomic E-state index is 13.2. The van der Waals surface area contributed by atoms with Crippen LogP contribution in [0.25, 0.3) is 0 Å². The molecule has 0 aromatic heterocycles. The summed E-state index contributed by atoms with van der Waals surface area (Å²) in [7, 11) is 0. The number of hydrogen-bond acceptors (Lipinski definition) is 2. The van der Waals surface area contributed by atoms with Crippen molar-refractivity contribution in [2.45, 2.75) is 51.9 Å². The molecule has 3 nitrogen and oxygen atoms in total. The summed E-state index contributed by atoms with van der Waals surface area (Å²) in [6, 6.07) is 3.97. The molecule has 0 unspecified atom stereocenters. The van der Waals surface area contributed by atoms with E-state index in [9.17, 15) is 14.0 Å². The van der Waals surface area contributed by atoms with Crippen LogP contribution in [0.5, 0.6) is 0 Å². The van der Waals surface area contributed by atoms with Crippen LogP contribution in [0.1, 0.15) is 62.2 Å². The molecule has 1 aromatic carbocycles. The Hall–Kier alpha value is -1.71. The summed E-state index contributed by atoms with van der Waals surface area (Å²) in [4.78, 5) is 25.2. The molecule has 1 amide bonds. The van der Waals surface area contributed by atoms with Crippen molar-refractivity contribution in [2.75, 3.05) is 11.4 Å². The largest absolute Gasteiger partial charge is 0.305 e.